The molecule has 0 bridgehead atoms. The van der Waals surface area contributed by atoms with E-state index in [2.05, 4.69) is 4.98 Å². The highest BCUT2D eigenvalue weighted by molar-refractivity contribution is 6.30. The van der Waals surface area contributed by atoms with Gasteiger partial charge >= 0.3 is 0 Å². The molecule has 0 saturated carbocycles. The first kappa shape index (κ1) is 16.9. The van der Waals surface area contributed by atoms with Crippen molar-refractivity contribution >= 4 is 23.2 Å². The van der Waals surface area contributed by atoms with Gasteiger partial charge in [0.1, 0.15) is 0 Å². The Hall–Kier alpha value is -1.95. The quantitative estimate of drug-likeness (QED) is 0.853. The molecule has 0 aliphatic carbocycles. The van der Waals surface area contributed by atoms with Crippen molar-refractivity contribution in [1.82, 2.24) is 4.98 Å². The van der Waals surface area contributed by atoms with Gasteiger partial charge in [0.25, 0.3) is 5.91 Å². The maximum Gasteiger partial charge on any atom is 0.259 e. The highest BCUT2D eigenvalue weighted by Gasteiger charge is 2.34. The van der Waals surface area contributed by atoms with Crippen LogP contribution in [-0.4, -0.2) is 36.3 Å². The number of benzene rings is 1. The topological polar surface area (TPSA) is 51.7 Å². The normalized spacial score (nSPS) is 20.6. The fraction of sp³-hybridized carbons (Fsp3) is 0.333. The number of halogens is 1. The fourth-order valence-corrected chi connectivity index (χ4v) is 2.78. The Morgan fingerprint density at radius 3 is 2.67 bits per heavy atom. The van der Waals surface area contributed by atoms with Crippen molar-refractivity contribution in [1.29, 1.82) is 0 Å². The monoisotopic (exact) mass is 346 g/mol. The van der Waals surface area contributed by atoms with Gasteiger partial charge in [0.15, 0.2) is 6.10 Å². The Labute approximate surface area is 146 Å². The Morgan fingerprint density at radius 1 is 1.25 bits per heavy atom. The van der Waals surface area contributed by atoms with Crippen molar-refractivity contribution in [3.8, 4) is 0 Å². The maximum atomic E-state index is 13.1. The van der Waals surface area contributed by atoms with Crippen molar-refractivity contribution < 1.29 is 14.3 Å². The highest BCUT2D eigenvalue weighted by atomic mass is 35.5. The van der Waals surface area contributed by atoms with Gasteiger partial charge in [0, 0.05) is 23.1 Å². The molecule has 126 valence electrons. The summed E-state index contributed by atoms with van der Waals surface area (Å²) >= 11 is 5.97. The van der Waals surface area contributed by atoms with E-state index in [-0.39, 0.29) is 12.0 Å². The Kier molecular flexibility index (Phi) is 5.45. The number of anilines is 1. The lowest BCUT2D eigenvalue weighted by Gasteiger charge is -2.33. The maximum absolute atomic E-state index is 13.1. The van der Waals surface area contributed by atoms with Gasteiger partial charge in [-0.15, -0.1) is 0 Å². The molecule has 1 aliphatic rings. The summed E-state index contributed by atoms with van der Waals surface area (Å²) in [6.07, 6.45) is 2.55. The van der Waals surface area contributed by atoms with E-state index < -0.39 is 6.10 Å². The smallest absolute Gasteiger partial charge is 0.259 e. The van der Waals surface area contributed by atoms with Crippen LogP contribution in [0.5, 0.6) is 0 Å². The van der Waals surface area contributed by atoms with E-state index in [1.54, 1.807) is 29.4 Å². The molecule has 2 heterocycles. The van der Waals surface area contributed by atoms with Gasteiger partial charge in [-0.2, -0.15) is 0 Å². The van der Waals surface area contributed by atoms with Crippen molar-refractivity contribution in [3.63, 3.8) is 0 Å². The molecule has 1 saturated heterocycles. The molecule has 2 aromatic rings. The van der Waals surface area contributed by atoms with E-state index in [4.69, 9.17) is 21.1 Å². The molecule has 1 amide bonds. The third kappa shape index (κ3) is 3.93. The first-order valence-corrected chi connectivity index (χ1v) is 8.22. The average molecular weight is 347 g/mol. The largest absolute Gasteiger partial charge is 0.373 e. The predicted molar refractivity (Wildman–Crippen MR) is 92.0 cm³/mol. The minimum Gasteiger partial charge on any atom is -0.373 e. The summed E-state index contributed by atoms with van der Waals surface area (Å²) in [5.74, 6) is -0.131. The Morgan fingerprint density at radius 2 is 2.00 bits per heavy atom. The average Bonchev–Trinajstić information content (AvgIpc) is 2.61. The predicted octanol–water partition coefficient (Wildman–Crippen LogP) is 3.07. The van der Waals surface area contributed by atoms with Crippen LogP contribution in [0.15, 0.2) is 48.8 Å². The molecule has 3 rings (SSSR count). The number of ether oxygens (including phenoxy) is 2. The second-order valence-electron chi connectivity index (χ2n) is 5.63. The van der Waals surface area contributed by atoms with E-state index in [0.717, 1.165) is 11.3 Å². The lowest BCUT2D eigenvalue weighted by molar-refractivity contribution is -0.159. The number of carbonyl (C=O) groups is 1. The number of aromatic nitrogens is 1. The van der Waals surface area contributed by atoms with Gasteiger partial charge in [-0.3, -0.25) is 9.78 Å². The molecular weight excluding hydrogens is 328 g/mol. The van der Waals surface area contributed by atoms with Crippen molar-refractivity contribution in [3.05, 3.63) is 59.4 Å². The highest BCUT2D eigenvalue weighted by Crippen LogP contribution is 2.23. The van der Waals surface area contributed by atoms with E-state index in [0.29, 0.717) is 24.8 Å². The number of amides is 1. The molecule has 1 fully saturated rings. The van der Waals surface area contributed by atoms with Crippen LogP contribution in [0.25, 0.3) is 0 Å². The molecule has 2 atom stereocenters. The van der Waals surface area contributed by atoms with E-state index in [1.165, 1.54) is 0 Å². The molecule has 0 N–H and O–H groups in total. The Balaban J connectivity index is 1.88. The summed E-state index contributed by atoms with van der Waals surface area (Å²) in [6, 6.07) is 11.0. The molecule has 1 aliphatic heterocycles. The number of rotatable bonds is 4. The van der Waals surface area contributed by atoms with Crippen LogP contribution >= 0.6 is 11.6 Å². The second kappa shape index (κ2) is 7.75. The molecule has 0 radical (unpaired) electrons. The number of carbonyl (C=O) groups excluding carboxylic acids is 1. The van der Waals surface area contributed by atoms with E-state index in [9.17, 15) is 4.79 Å². The van der Waals surface area contributed by atoms with Crippen molar-refractivity contribution in [2.75, 3.05) is 18.1 Å². The number of hydrogen-bond acceptors (Lipinski definition) is 4. The first-order chi connectivity index (χ1) is 11.6. The zero-order valence-electron chi connectivity index (χ0n) is 13.4. The minimum absolute atomic E-state index is 0.131. The van der Waals surface area contributed by atoms with Crippen LogP contribution in [0.3, 0.4) is 0 Å². The molecule has 1 aromatic carbocycles. The van der Waals surface area contributed by atoms with E-state index >= 15 is 0 Å². The minimum atomic E-state index is -0.619. The van der Waals surface area contributed by atoms with Crippen LogP contribution in [0.1, 0.15) is 12.5 Å². The van der Waals surface area contributed by atoms with Crippen molar-refractivity contribution in [2.45, 2.75) is 25.7 Å². The van der Waals surface area contributed by atoms with Crippen LogP contribution in [0.2, 0.25) is 5.02 Å². The summed E-state index contributed by atoms with van der Waals surface area (Å²) in [6.45, 7) is 3.18. The summed E-state index contributed by atoms with van der Waals surface area (Å²) in [7, 11) is 0. The van der Waals surface area contributed by atoms with Crippen LogP contribution in [0, 0.1) is 0 Å². The zero-order valence-corrected chi connectivity index (χ0v) is 14.1. The third-order valence-corrected chi connectivity index (χ3v) is 4.15. The van der Waals surface area contributed by atoms with Gasteiger partial charge < -0.3 is 14.4 Å². The summed E-state index contributed by atoms with van der Waals surface area (Å²) in [5, 5.41) is 0.623. The van der Waals surface area contributed by atoms with Gasteiger partial charge in [-0.25, -0.2) is 0 Å². The molecule has 24 heavy (non-hydrogen) atoms. The molecule has 0 unspecified atom stereocenters. The Bertz CT molecular complexity index is 678. The molecule has 1 aromatic heterocycles. The first-order valence-electron chi connectivity index (χ1n) is 7.84. The third-order valence-electron chi connectivity index (χ3n) is 3.90. The van der Waals surface area contributed by atoms with Crippen LogP contribution in [0.4, 0.5) is 5.69 Å². The molecular formula is C18H19ClN2O3. The van der Waals surface area contributed by atoms with Gasteiger partial charge in [0.2, 0.25) is 0 Å². The standard InChI is InChI=1S/C18H19ClN2O3/c1-13-17(24-10-9-23-13)18(22)21(12-14-3-2-8-20-11-14)16-6-4-15(19)5-7-16/h2-8,11,13,17H,9-10,12H2,1H3/t13-,17-/m0/s1. The summed E-state index contributed by atoms with van der Waals surface area (Å²) < 4.78 is 11.2. The lowest BCUT2D eigenvalue weighted by Crippen LogP contribution is -2.49. The SMILES string of the molecule is C[C@@H]1OCCO[C@@H]1C(=O)N(Cc1cccnc1)c1ccc(Cl)cc1. The fourth-order valence-electron chi connectivity index (χ4n) is 2.65. The van der Waals surface area contributed by atoms with E-state index in [1.807, 2.05) is 31.2 Å². The second-order valence-corrected chi connectivity index (χ2v) is 6.07. The van der Waals surface area contributed by atoms with Gasteiger partial charge in [0.05, 0.1) is 25.9 Å². The molecule has 0 spiro atoms. The molecule has 5 nitrogen and oxygen atoms in total. The number of hydrogen-bond donors (Lipinski definition) is 0. The van der Waals surface area contributed by atoms with Gasteiger partial charge in [-0.05, 0) is 42.8 Å². The number of pyridine rings is 1. The molecule has 6 heteroatoms. The zero-order chi connectivity index (χ0) is 16.9. The summed E-state index contributed by atoms with van der Waals surface area (Å²) in [5.41, 5.74) is 1.69. The lowest BCUT2D eigenvalue weighted by atomic mass is 10.1. The van der Waals surface area contributed by atoms with Crippen LogP contribution in [-0.2, 0) is 20.8 Å². The number of nitrogens with zero attached hydrogens (tertiary/aromatic N) is 2. The van der Waals surface area contributed by atoms with Crippen LogP contribution < -0.4 is 4.90 Å². The van der Waals surface area contributed by atoms with Crippen molar-refractivity contribution in [2.24, 2.45) is 0 Å². The van der Waals surface area contributed by atoms with Gasteiger partial charge in [-0.1, -0.05) is 17.7 Å². The summed E-state index contributed by atoms with van der Waals surface area (Å²) in [4.78, 5) is 18.9.